The zero-order valence-electron chi connectivity index (χ0n) is 10.0. The Morgan fingerprint density at radius 2 is 2.18 bits per heavy atom. The molecule has 0 aliphatic heterocycles. The number of anilines is 1. The van der Waals surface area contributed by atoms with Gasteiger partial charge in [0.2, 0.25) is 5.91 Å². The summed E-state index contributed by atoms with van der Waals surface area (Å²) in [5.74, 6) is -0.195. The minimum atomic E-state index is -0.195. The number of ether oxygens (including phenoxy) is 1. The molecule has 1 aromatic carbocycles. The molecule has 0 fully saturated rings. The highest BCUT2D eigenvalue weighted by atomic mass is 79.9. The summed E-state index contributed by atoms with van der Waals surface area (Å²) in [5.41, 5.74) is 1.60. The quantitative estimate of drug-likeness (QED) is 0.917. The summed E-state index contributed by atoms with van der Waals surface area (Å²) in [6.45, 7) is 5.70. The van der Waals surface area contributed by atoms with Crippen molar-refractivity contribution in [3.8, 4) is 0 Å². The van der Waals surface area contributed by atoms with Crippen LogP contribution in [0.2, 0.25) is 5.02 Å². The molecule has 5 heteroatoms. The van der Waals surface area contributed by atoms with E-state index in [1.54, 1.807) is 6.07 Å². The van der Waals surface area contributed by atoms with Crippen LogP contribution in [0.5, 0.6) is 0 Å². The van der Waals surface area contributed by atoms with E-state index in [9.17, 15) is 4.79 Å². The molecule has 0 saturated carbocycles. The fourth-order valence-corrected chi connectivity index (χ4v) is 1.89. The van der Waals surface area contributed by atoms with Crippen LogP contribution >= 0.6 is 27.5 Å². The molecule has 1 amide bonds. The molecule has 0 spiro atoms. The molecule has 0 radical (unpaired) electrons. The molecule has 0 aromatic heterocycles. The van der Waals surface area contributed by atoms with E-state index < -0.39 is 0 Å². The molecule has 0 saturated heterocycles. The van der Waals surface area contributed by atoms with Crippen molar-refractivity contribution in [3.05, 3.63) is 27.2 Å². The van der Waals surface area contributed by atoms with E-state index in [2.05, 4.69) is 21.2 Å². The minimum Gasteiger partial charge on any atom is -0.369 e. The Kier molecular flexibility index (Phi) is 5.43. The van der Waals surface area contributed by atoms with E-state index in [4.69, 9.17) is 16.3 Å². The monoisotopic (exact) mass is 319 g/mol. The second-order valence-corrected chi connectivity index (χ2v) is 5.25. The number of rotatable bonds is 4. The van der Waals surface area contributed by atoms with Crippen molar-refractivity contribution in [2.75, 3.05) is 11.9 Å². The first-order valence-electron chi connectivity index (χ1n) is 5.27. The summed E-state index contributed by atoms with van der Waals surface area (Å²) < 4.78 is 6.01. The van der Waals surface area contributed by atoms with Gasteiger partial charge in [0.15, 0.2) is 0 Å². The van der Waals surface area contributed by atoms with E-state index in [0.717, 1.165) is 10.0 Å². The van der Waals surface area contributed by atoms with Gasteiger partial charge in [-0.2, -0.15) is 0 Å². The van der Waals surface area contributed by atoms with Crippen LogP contribution in [-0.2, 0) is 9.53 Å². The largest absolute Gasteiger partial charge is 0.369 e. The standard InChI is InChI=1S/C12H15BrClNO2/c1-7(2)17-6-12(16)15-11-5-10(14)8(3)4-9(11)13/h4-5,7H,6H2,1-3H3,(H,15,16). The van der Waals surface area contributed by atoms with E-state index in [0.29, 0.717) is 10.7 Å². The molecule has 17 heavy (non-hydrogen) atoms. The average Bonchev–Trinajstić information content (AvgIpc) is 2.23. The average molecular weight is 321 g/mol. The molecule has 3 nitrogen and oxygen atoms in total. The van der Waals surface area contributed by atoms with Crippen LogP contribution in [0.25, 0.3) is 0 Å². The molecule has 0 heterocycles. The van der Waals surface area contributed by atoms with Gasteiger partial charge in [-0.1, -0.05) is 11.6 Å². The third-order valence-electron chi connectivity index (χ3n) is 2.07. The number of amides is 1. The van der Waals surface area contributed by atoms with Crippen LogP contribution in [0.1, 0.15) is 19.4 Å². The van der Waals surface area contributed by atoms with Crippen molar-refractivity contribution in [2.45, 2.75) is 26.9 Å². The molecule has 0 unspecified atom stereocenters. The maximum absolute atomic E-state index is 11.6. The first-order valence-corrected chi connectivity index (χ1v) is 6.44. The molecule has 0 aliphatic carbocycles. The lowest BCUT2D eigenvalue weighted by molar-refractivity contribution is -0.121. The maximum Gasteiger partial charge on any atom is 0.250 e. The number of hydrogen-bond donors (Lipinski definition) is 1. The van der Waals surface area contributed by atoms with Crippen molar-refractivity contribution in [3.63, 3.8) is 0 Å². The topological polar surface area (TPSA) is 38.3 Å². The molecule has 0 aliphatic rings. The Labute approximate surface area is 115 Å². The SMILES string of the molecule is Cc1cc(Br)c(NC(=O)COC(C)C)cc1Cl. The predicted octanol–water partition coefficient (Wildman–Crippen LogP) is 3.77. The lowest BCUT2D eigenvalue weighted by atomic mass is 10.2. The van der Waals surface area contributed by atoms with Gasteiger partial charge in [-0.3, -0.25) is 4.79 Å². The molecule has 1 N–H and O–H groups in total. The lowest BCUT2D eigenvalue weighted by Gasteiger charge is -2.11. The van der Waals surface area contributed by atoms with Gasteiger partial charge in [0.05, 0.1) is 11.8 Å². The highest BCUT2D eigenvalue weighted by Crippen LogP contribution is 2.29. The van der Waals surface area contributed by atoms with E-state index in [1.807, 2.05) is 26.8 Å². The Morgan fingerprint density at radius 1 is 1.53 bits per heavy atom. The van der Waals surface area contributed by atoms with Gasteiger partial charge in [0, 0.05) is 9.50 Å². The van der Waals surface area contributed by atoms with Crippen molar-refractivity contribution in [1.82, 2.24) is 0 Å². The number of aryl methyl sites for hydroxylation is 1. The summed E-state index contributed by atoms with van der Waals surface area (Å²) in [5, 5.41) is 3.36. The molecule has 0 bridgehead atoms. The zero-order chi connectivity index (χ0) is 13.0. The van der Waals surface area contributed by atoms with Crippen molar-refractivity contribution >= 4 is 39.1 Å². The van der Waals surface area contributed by atoms with Gasteiger partial charge in [0.25, 0.3) is 0 Å². The summed E-state index contributed by atoms with van der Waals surface area (Å²) in [4.78, 5) is 11.6. The van der Waals surface area contributed by atoms with E-state index >= 15 is 0 Å². The van der Waals surface area contributed by atoms with Crippen molar-refractivity contribution < 1.29 is 9.53 Å². The fraction of sp³-hybridized carbons (Fsp3) is 0.417. The Balaban J connectivity index is 2.68. The molecular weight excluding hydrogens is 305 g/mol. The molecule has 1 rings (SSSR count). The maximum atomic E-state index is 11.6. The van der Waals surface area contributed by atoms with E-state index in [-0.39, 0.29) is 18.6 Å². The first kappa shape index (κ1) is 14.5. The number of halogens is 2. The van der Waals surface area contributed by atoms with Gasteiger partial charge in [0.1, 0.15) is 6.61 Å². The number of hydrogen-bond acceptors (Lipinski definition) is 2. The first-order chi connectivity index (χ1) is 7.90. The predicted molar refractivity (Wildman–Crippen MR) is 73.6 cm³/mol. The van der Waals surface area contributed by atoms with Gasteiger partial charge >= 0.3 is 0 Å². The van der Waals surface area contributed by atoms with Gasteiger partial charge in [-0.25, -0.2) is 0 Å². The van der Waals surface area contributed by atoms with Gasteiger partial charge in [-0.15, -0.1) is 0 Å². The Hall–Kier alpha value is -0.580. The fourth-order valence-electron chi connectivity index (χ4n) is 1.17. The second-order valence-electron chi connectivity index (χ2n) is 3.99. The number of carbonyl (C=O) groups excluding carboxylic acids is 1. The van der Waals surface area contributed by atoms with Crippen LogP contribution in [0.15, 0.2) is 16.6 Å². The summed E-state index contributed by atoms with van der Waals surface area (Å²) in [7, 11) is 0. The smallest absolute Gasteiger partial charge is 0.250 e. The molecular formula is C12H15BrClNO2. The normalized spacial score (nSPS) is 10.7. The third-order valence-corrected chi connectivity index (χ3v) is 3.13. The Morgan fingerprint density at radius 3 is 2.76 bits per heavy atom. The van der Waals surface area contributed by atoms with Gasteiger partial charge in [-0.05, 0) is 54.4 Å². The summed E-state index contributed by atoms with van der Waals surface area (Å²) >= 11 is 9.37. The molecule has 1 aromatic rings. The number of nitrogens with one attached hydrogen (secondary N) is 1. The van der Waals surface area contributed by atoms with Crippen LogP contribution in [0, 0.1) is 6.92 Å². The number of carbonyl (C=O) groups is 1. The van der Waals surface area contributed by atoms with Crippen molar-refractivity contribution in [1.29, 1.82) is 0 Å². The zero-order valence-corrected chi connectivity index (χ0v) is 12.4. The van der Waals surface area contributed by atoms with Crippen LogP contribution < -0.4 is 5.32 Å². The highest BCUT2D eigenvalue weighted by Gasteiger charge is 2.08. The number of benzene rings is 1. The van der Waals surface area contributed by atoms with Crippen LogP contribution in [-0.4, -0.2) is 18.6 Å². The van der Waals surface area contributed by atoms with Crippen molar-refractivity contribution in [2.24, 2.45) is 0 Å². The molecule has 94 valence electrons. The van der Waals surface area contributed by atoms with E-state index in [1.165, 1.54) is 0 Å². The molecule has 0 atom stereocenters. The van der Waals surface area contributed by atoms with Gasteiger partial charge < -0.3 is 10.1 Å². The van der Waals surface area contributed by atoms with Crippen LogP contribution in [0.3, 0.4) is 0 Å². The Bertz CT molecular complexity index is 421. The highest BCUT2D eigenvalue weighted by molar-refractivity contribution is 9.10. The summed E-state index contributed by atoms with van der Waals surface area (Å²) in [6.07, 6.45) is 0.0331. The third kappa shape index (κ3) is 4.66. The second kappa shape index (κ2) is 6.38. The van der Waals surface area contributed by atoms with Crippen LogP contribution in [0.4, 0.5) is 5.69 Å². The summed E-state index contributed by atoms with van der Waals surface area (Å²) in [6, 6.07) is 3.58. The minimum absolute atomic E-state index is 0.0331. The lowest BCUT2D eigenvalue weighted by Crippen LogP contribution is -2.20.